The van der Waals surface area contributed by atoms with E-state index in [-0.39, 0.29) is 12.3 Å². The van der Waals surface area contributed by atoms with Gasteiger partial charge in [-0.3, -0.25) is 9.89 Å². The van der Waals surface area contributed by atoms with Gasteiger partial charge in [-0.05, 0) is 23.8 Å². The fourth-order valence-electron chi connectivity index (χ4n) is 1.82. The zero-order chi connectivity index (χ0) is 14.4. The number of nitrogens with one attached hydrogen (secondary N) is 2. The normalized spacial score (nSPS) is 10.1. The molecule has 6 heteroatoms. The van der Waals surface area contributed by atoms with Crippen LogP contribution in [0.2, 0.25) is 0 Å². The van der Waals surface area contributed by atoms with Crippen molar-refractivity contribution in [3.8, 4) is 11.5 Å². The summed E-state index contributed by atoms with van der Waals surface area (Å²) in [6.45, 7) is 0.437. The van der Waals surface area contributed by atoms with Crippen LogP contribution in [0.5, 0.6) is 11.5 Å². The van der Waals surface area contributed by atoms with E-state index in [4.69, 9.17) is 9.47 Å². The van der Waals surface area contributed by atoms with E-state index in [1.54, 1.807) is 32.5 Å². The zero-order valence-electron chi connectivity index (χ0n) is 11.5. The molecule has 0 fully saturated rings. The molecule has 1 amide bonds. The van der Waals surface area contributed by atoms with Crippen molar-refractivity contribution in [2.24, 2.45) is 0 Å². The van der Waals surface area contributed by atoms with E-state index in [0.29, 0.717) is 18.0 Å². The highest BCUT2D eigenvalue weighted by Gasteiger charge is 2.08. The van der Waals surface area contributed by atoms with Crippen molar-refractivity contribution in [1.82, 2.24) is 15.5 Å². The molecule has 6 nitrogen and oxygen atoms in total. The molecule has 0 saturated carbocycles. The molecule has 106 valence electrons. The fraction of sp³-hybridized carbons (Fsp3) is 0.286. The number of hydrogen-bond donors (Lipinski definition) is 2. The Hall–Kier alpha value is -2.50. The summed E-state index contributed by atoms with van der Waals surface area (Å²) in [6, 6.07) is 7.25. The Morgan fingerprint density at radius 1 is 1.25 bits per heavy atom. The smallest absolute Gasteiger partial charge is 0.224 e. The molecular formula is C14H17N3O3. The van der Waals surface area contributed by atoms with E-state index in [9.17, 15) is 4.79 Å². The largest absolute Gasteiger partial charge is 0.493 e. The van der Waals surface area contributed by atoms with E-state index < -0.39 is 0 Å². The first-order valence-electron chi connectivity index (χ1n) is 6.18. The lowest BCUT2D eigenvalue weighted by molar-refractivity contribution is -0.120. The van der Waals surface area contributed by atoms with Gasteiger partial charge in [0.25, 0.3) is 0 Å². The van der Waals surface area contributed by atoms with E-state index in [0.717, 1.165) is 11.3 Å². The summed E-state index contributed by atoms with van der Waals surface area (Å²) in [5.41, 5.74) is 1.73. The maximum atomic E-state index is 11.8. The van der Waals surface area contributed by atoms with Gasteiger partial charge in [0.15, 0.2) is 11.5 Å². The molecule has 1 aromatic carbocycles. The second kappa shape index (κ2) is 6.60. The van der Waals surface area contributed by atoms with Crippen LogP contribution in [0, 0.1) is 0 Å². The van der Waals surface area contributed by atoms with Gasteiger partial charge in [0, 0.05) is 6.20 Å². The first-order valence-corrected chi connectivity index (χ1v) is 6.18. The number of ether oxygens (including phenoxy) is 2. The third kappa shape index (κ3) is 3.50. The molecule has 2 N–H and O–H groups in total. The molecule has 1 heterocycles. The number of H-pyrrole nitrogens is 1. The highest BCUT2D eigenvalue weighted by molar-refractivity contribution is 5.78. The van der Waals surface area contributed by atoms with Gasteiger partial charge in [-0.1, -0.05) is 6.07 Å². The number of hydrogen-bond acceptors (Lipinski definition) is 4. The number of aromatic amines is 1. The average Bonchev–Trinajstić information content (AvgIpc) is 2.98. The average molecular weight is 275 g/mol. The number of methoxy groups -OCH3 is 2. The third-order valence-corrected chi connectivity index (χ3v) is 2.85. The van der Waals surface area contributed by atoms with Crippen molar-refractivity contribution in [2.45, 2.75) is 13.0 Å². The number of aromatic nitrogens is 2. The van der Waals surface area contributed by atoms with E-state index in [1.807, 2.05) is 12.1 Å². The Labute approximate surface area is 117 Å². The first-order chi connectivity index (χ1) is 9.72. The van der Waals surface area contributed by atoms with E-state index in [2.05, 4.69) is 15.5 Å². The van der Waals surface area contributed by atoms with Gasteiger partial charge in [0.1, 0.15) is 0 Å². The molecule has 0 bridgehead atoms. The van der Waals surface area contributed by atoms with Gasteiger partial charge < -0.3 is 14.8 Å². The molecule has 1 aromatic heterocycles. The first kappa shape index (κ1) is 13.9. The quantitative estimate of drug-likeness (QED) is 0.832. The molecular weight excluding hydrogens is 258 g/mol. The van der Waals surface area contributed by atoms with Gasteiger partial charge in [-0.15, -0.1) is 0 Å². The summed E-state index contributed by atoms with van der Waals surface area (Å²) in [5.74, 6) is 1.20. The number of nitrogens with zero attached hydrogens (tertiary/aromatic N) is 1. The Bertz CT molecular complexity index is 567. The van der Waals surface area contributed by atoms with Crippen molar-refractivity contribution >= 4 is 5.91 Å². The zero-order valence-corrected chi connectivity index (χ0v) is 11.5. The number of benzene rings is 1. The lowest BCUT2D eigenvalue weighted by Gasteiger charge is -2.09. The van der Waals surface area contributed by atoms with Crippen LogP contribution in [-0.4, -0.2) is 30.3 Å². The number of rotatable bonds is 6. The van der Waals surface area contributed by atoms with E-state index >= 15 is 0 Å². The summed E-state index contributed by atoms with van der Waals surface area (Å²) in [5, 5.41) is 9.42. The lowest BCUT2D eigenvalue weighted by Crippen LogP contribution is -2.24. The SMILES string of the molecule is COc1ccc(CC(=O)NCc2ccn[nH]2)cc1OC. The third-order valence-electron chi connectivity index (χ3n) is 2.85. The topological polar surface area (TPSA) is 76.2 Å². The van der Waals surface area contributed by atoms with Gasteiger partial charge in [-0.25, -0.2) is 0 Å². The second-order valence-electron chi connectivity index (χ2n) is 4.22. The fourth-order valence-corrected chi connectivity index (χ4v) is 1.82. The van der Waals surface area contributed by atoms with Crippen molar-refractivity contribution in [2.75, 3.05) is 14.2 Å². The van der Waals surface area contributed by atoms with Gasteiger partial charge in [0.2, 0.25) is 5.91 Å². The number of carbonyl (C=O) groups excluding carboxylic acids is 1. The Balaban J connectivity index is 1.93. The van der Waals surface area contributed by atoms with Crippen LogP contribution < -0.4 is 14.8 Å². The summed E-state index contributed by atoms with van der Waals surface area (Å²) in [7, 11) is 3.15. The van der Waals surface area contributed by atoms with Gasteiger partial charge in [-0.2, -0.15) is 5.10 Å². The van der Waals surface area contributed by atoms with Crippen LogP contribution in [0.1, 0.15) is 11.3 Å². The van der Waals surface area contributed by atoms with Gasteiger partial charge >= 0.3 is 0 Å². The summed E-state index contributed by atoms with van der Waals surface area (Å²) < 4.78 is 10.4. The molecule has 20 heavy (non-hydrogen) atoms. The predicted molar refractivity (Wildman–Crippen MR) is 73.7 cm³/mol. The molecule has 2 rings (SSSR count). The standard InChI is InChI=1S/C14H17N3O3/c1-19-12-4-3-10(7-13(12)20-2)8-14(18)15-9-11-5-6-16-17-11/h3-7H,8-9H2,1-2H3,(H,15,18)(H,16,17). The van der Waals surface area contributed by atoms with Crippen molar-refractivity contribution in [3.05, 3.63) is 41.7 Å². The van der Waals surface area contributed by atoms with Gasteiger partial charge in [0.05, 0.1) is 32.9 Å². The maximum absolute atomic E-state index is 11.8. The molecule has 0 unspecified atom stereocenters. The molecule has 0 atom stereocenters. The predicted octanol–water partition coefficient (Wildman–Crippen LogP) is 1.29. The maximum Gasteiger partial charge on any atom is 0.224 e. The minimum Gasteiger partial charge on any atom is -0.493 e. The Morgan fingerprint density at radius 3 is 2.70 bits per heavy atom. The van der Waals surface area contributed by atoms with Crippen LogP contribution >= 0.6 is 0 Å². The molecule has 0 aliphatic rings. The minimum atomic E-state index is -0.0631. The molecule has 0 aliphatic heterocycles. The van der Waals surface area contributed by atoms with Crippen LogP contribution in [0.25, 0.3) is 0 Å². The molecule has 2 aromatic rings. The Kier molecular flexibility index (Phi) is 4.60. The van der Waals surface area contributed by atoms with E-state index in [1.165, 1.54) is 0 Å². The van der Waals surface area contributed by atoms with Crippen molar-refractivity contribution in [1.29, 1.82) is 0 Å². The van der Waals surface area contributed by atoms with Crippen molar-refractivity contribution < 1.29 is 14.3 Å². The summed E-state index contributed by atoms with van der Waals surface area (Å²) >= 11 is 0. The van der Waals surface area contributed by atoms with Crippen LogP contribution in [0.15, 0.2) is 30.5 Å². The van der Waals surface area contributed by atoms with Crippen LogP contribution in [0.3, 0.4) is 0 Å². The molecule has 0 saturated heterocycles. The summed E-state index contributed by atoms with van der Waals surface area (Å²) in [4.78, 5) is 11.8. The molecule has 0 spiro atoms. The number of amides is 1. The monoisotopic (exact) mass is 275 g/mol. The highest BCUT2D eigenvalue weighted by atomic mass is 16.5. The van der Waals surface area contributed by atoms with Crippen LogP contribution in [0.4, 0.5) is 0 Å². The molecule has 0 radical (unpaired) electrons. The lowest BCUT2D eigenvalue weighted by atomic mass is 10.1. The second-order valence-corrected chi connectivity index (χ2v) is 4.22. The minimum absolute atomic E-state index is 0.0631. The molecule has 0 aliphatic carbocycles. The highest BCUT2D eigenvalue weighted by Crippen LogP contribution is 2.27. The Morgan fingerprint density at radius 2 is 2.05 bits per heavy atom. The summed E-state index contributed by atoms with van der Waals surface area (Å²) in [6.07, 6.45) is 1.93. The van der Waals surface area contributed by atoms with Crippen molar-refractivity contribution in [3.63, 3.8) is 0 Å². The number of carbonyl (C=O) groups is 1. The van der Waals surface area contributed by atoms with Crippen LogP contribution in [-0.2, 0) is 17.8 Å².